The highest BCUT2D eigenvalue weighted by atomic mass is 79.9. The van der Waals surface area contributed by atoms with Crippen molar-refractivity contribution in [2.75, 3.05) is 0 Å². The van der Waals surface area contributed by atoms with E-state index in [0.717, 1.165) is 18.6 Å². The number of carboxylic acids is 1. The SMILES string of the molecule is CC(C)(C)Oc1ccc(CCCC(Br)C(=O)O)cc1. The second kappa shape index (κ2) is 6.94. The molecular formula is C15H21BrO3. The van der Waals surface area contributed by atoms with Gasteiger partial charge in [-0.3, -0.25) is 4.79 Å². The lowest BCUT2D eigenvalue weighted by atomic mass is 10.1. The Morgan fingerprint density at radius 3 is 2.37 bits per heavy atom. The van der Waals surface area contributed by atoms with Gasteiger partial charge in [0.25, 0.3) is 0 Å². The molecule has 1 N–H and O–H groups in total. The fraction of sp³-hybridized carbons (Fsp3) is 0.533. The number of rotatable bonds is 6. The van der Waals surface area contributed by atoms with Crippen molar-refractivity contribution in [3.05, 3.63) is 29.8 Å². The van der Waals surface area contributed by atoms with E-state index in [4.69, 9.17) is 9.84 Å². The van der Waals surface area contributed by atoms with Crippen LogP contribution in [-0.2, 0) is 11.2 Å². The van der Waals surface area contributed by atoms with Crippen molar-refractivity contribution in [2.45, 2.75) is 50.5 Å². The number of ether oxygens (including phenoxy) is 1. The van der Waals surface area contributed by atoms with Gasteiger partial charge in [-0.25, -0.2) is 0 Å². The van der Waals surface area contributed by atoms with E-state index < -0.39 is 10.8 Å². The van der Waals surface area contributed by atoms with E-state index >= 15 is 0 Å². The lowest BCUT2D eigenvalue weighted by Crippen LogP contribution is -2.22. The Morgan fingerprint density at radius 1 is 1.32 bits per heavy atom. The van der Waals surface area contributed by atoms with Gasteiger partial charge in [0.05, 0.1) is 0 Å². The molecule has 1 aromatic rings. The summed E-state index contributed by atoms with van der Waals surface area (Å²) in [5.74, 6) is 0.0640. The van der Waals surface area contributed by atoms with Gasteiger partial charge in [0, 0.05) is 0 Å². The number of halogens is 1. The molecule has 0 aliphatic rings. The summed E-state index contributed by atoms with van der Waals surface area (Å²) in [7, 11) is 0. The molecule has 1 aromatic carbocycles. The number of alkyl halides is 1. The summed E-state index contributed by atoms with van der Waals surface area (Å²) in [6, 6.07) is 7.99. The molecule has 1 unspecified atom stereocenters. The Hall–Kier alpha value is -1.03. The third-order valence-corrected chi connectivity index (χ3v) is 3.39. The molecule has 0 amide bonds. The number of aryl methyl sites for hydroxylation is 1. The van der Waals surface area contributed by atoms with Gasteiger partial charge in [-0.15, -0.1) is 0 Å². The average Bonchev–Trinajstić information content (AvgIpc) is 2.29. The first-order valence-corrected chi connectivity index (χ1v) is 7.34. The average molecular weight is 329 g/mol. The van der Waals surface area contributed by atoms with Crippen LogP contribution in [0.15, 0.2) is 24.3 Å². The van der Waals surface area contributed by atoms with Crippen LogP contribution in [0, 0.1) is 0 Å². The first-order chi connectivity index (χ1) is 8.78. The number of aliphatic carboxylic acids is 1. The Kier molecular flexibility index (Phi) is 5.85. The van der Waals surface area contributed by atoms with E-state index in [1.54, 1.807) is 0 Å². The van der Waals surface area contributed by atoms with Gasteiger partial charge in [-0.1, -0.05) is 28.1 Å². The summed E-state index contributed by atoms with van der Waals surface area (Å²) in [5.41, 5.74) is 1.01. The lowest BCUT2D eigenvalue weighted by molar-refractivity contribution is -0.136. The van der Waals surface area contributed by atoms with Crippen molar-refractivity contribution < 1.29 is 14.6 Å². The van der Waals surface area contributed by atoms with Gasteiger partial charge in [0.15, 0.2) is 0 Å². The molecule has 4 heteroatoms. The predicted molar refractivity (Wildman–Crippen MR) is 80.1 cm³/mol. The molecule has 0 spiro atoms. The Balaban J connectivity index is 2.42. The standard InChI is InChI=1S/C15H21BrO3/c1-15(2,3)19-12-9-7-11(8-10-12)5-4-6-13(16)14(17)18/h7-10,13H,4-6H2,1-3H3,(H,17,18). The topological polar surface area (TPSA) is 46.5 Å². The highest BCUT2D eigenvalue weighted by Crippen LogP contribution is 2.19. The molecule has 3 nitrogen and oxygen atoms in total. The minimum atomic E-state index is -0.797. The third-order valence-electron chi connectivity index (χ3n) is 2.54. The maximum Gasteiger partial charge on any atom is 0.317 e. The van der Waals surface area contributed by atoms with Crippen molar-refractivity contribution >= 4 is 21.9 Å². The van der Waals surface area contributed by atoms with Gasteiger partial charge in [0.2, 0.25) is 0 Å². The highest BCUT2D eigenvalue weighted by Gasteiger charge is 2.13. The second-order valence-corrected chi connectivity index (χ2v) is 6.66. The van der Waals surface area contributed by atoms with E-state index in [2.05, 4.69) is 15.9 Å². The molecule has 0 saturated heterocycles. The monoisotopic (exact) mass is 328 g/mol. The van der Waals surface area contributed by atoms with Crippen LogP contribution in [0.3, 0.4) is 0 Å². The van der Waals surface area contributed by atoms with Crippen LogP contribution in [0.5, 0.6) is 5.75 Å². The molecule has 0 aromatic heterocycles. The molecule has 0 aliphatic heterocycles. The van der Waals surface area contributed by atoms with Crippen LogP contribution in [0.1, 0.15) is 39.2 Å². The second-order valence-electron chi connectivity index (χ2n) is 5.56. The fourth-order valence-electron chi connectivity index (χ4n) is 1.69. The van der Waals surface area contributed by atoms with Gasteiger partial charge in [0.1, 0.15) is 16.2 Å². The number of carbonyl (C=O) groups is 1. The van der Waals surface area contributed by atoms with Crippen LogP contribution in [0.25, 0.3) is 0 Å². The molecule has 19 heavy (non-hydrogen) atoms. The van der Waals surface area contributed by atoms with Crippen LogP contribution in [0.2, 0.25) is 0 Å². The van der Waals surface area contributed by atoms with E-state index in [9.17, 15) is 4.79 Å². The van der Waals surface area contributed by atoms with Gasteiger partial charge >= 0.3 is 5.97 Å². The number of benzene rings is 1. The van der Waals surface area contributed by atoms with Crippen molar-refractivity contribution in [3.8, 4) is 5.75 Å². The van der Waals surface area contributed by atoms with Gasteiger partial charge in [-0.2, -0.15) is 0 Å². The van der Waals surface area contributed by atoms with Crippen molar-refractivity contribution in [1.82, 2.24) is 0 Å². The molecule has 106 valence electrons. The van der Waals surface area contributed by atoms with E-state index in [-0.39, 0.29) is 5.60 Å². The fourth-order valence-corrected chi connectivity index (χ4v) is 2.01. The first kappa shape index (κ1) is 16.0. The zero-order valence-electron chi connectivity index (χ0n) is 11.6. The molecule has 0 saturated carbocycles. The lowest BCUT2D eigenvalue weighted by Gasteiger charge is -2.21. The minimum absolute atomic E-state index is 0.188. The van der Waals surface area contributed by atoms with Crippen molar-refractivity contribution in [1.29, 1.82) is 0 Å². The summed E-state index contributed by atoms with van der Waals surface area (Å²) in [4.78, 5) is 10.2. The molecule has 0 bridgehead atoms. The Morgan fingerprint density at radius 2 is 1.89 bits per heavy atom. The quantitative estimate of drug-likeness (QED) is 0.802. The van der Waals surface area contributed by atoms with Crippen LogP contribution < -0.4 is 4.74 Å². The third kappa shape index (κ3) is 6.62. The number of carboxylic acid groups (broad SMARTS) is 1. The zero-order chi connectivity index (χ0) is 14.5. The zero-order valence-corrected chi connectivity index (χ0v) is 13.2. The molecule has 1 rings (SSSR count). The number of hydrogen-bond acceptors (Lipinski definition) is 2. The Labute approximate surface area is 123 Å². The van der Waals surface area contributed by atoms with Crippen LogP contribution in [0.4, 0.5) is 0 Å². The normalized spacial score (nSPS) is 13.1. The molecule has 1 atom stereocenters. The van der Waals surface area contributed by atoms with E-state index in [1.807, 2.05) is 45.0 Å². The van der Waals surface area contributed by atoms with Gasteiger partial charge in [-0.05, 0) is 57.7 Å². The number of hydrogen-bond donors (Lipinski definition) is 1. The summed E-state index contributed by atoms with van der Waals surface area (Å²) >= 11 is 3.14. The first-order valence-electron chi connectivity index (χ1n) is 6.43. The summed E-state index contributed by atoms with van der Waals surface area (Å²) in [6.07, 6.45) is 2.36. The summed E-state index contributed by atoms with van der Waals surface area (Å²) < 4.78 is 5.75. The van der Waals surface area contributed by atoms with Gasteiger partial charge < -0.3 is 9.84 Å². The smallest absolute Gasteiger partial charge is 0.317 e. The Bertz CT molecular complexity index is 406. The summed E-state index contributed by atoms with van der Waals surface area (Å²) in [6.45, 7) is 6.05. The maximum absolute atomic E-state index is 10.7. The molecule has 0 aliphatic carbocycles. The van der Waals surface area contributed by atoms with E-state index in [1.165, 1.54) is 5.56 Å². The minimum Gasteiger partial charge on any atom is -0.488 e. The molecule has 0 heterocycles. The molecule has 0 fully saturated rings. The predicted octanol–water partition coefficient (Wildman–Crippen LogP) is 4.03. The highest BCUT2D eigenvalue weighted by molar-refractivity contribution is 9.10. The van der Waals surface area contributed by atoms with Crippen molar-refractivity contribution in [3.63, 3.8) is 0 Å². The molecule has 0 radical (unpaired) electrons. The summed E-state index contributed by atoms with van der Waals surface area (Å²) in [5, 5.41) is 8.76. The van der Waals surface area contributed by atoms with E-state index in [0.29, 0.717) is 6.42 Å². The van der Waals surface area contributed by atoms with Crippen molar-refractivity contribution in [2.24, 2.45) is 0 Å². The molecular weight excluding hydrogens is 308 g/mol. The van der Waals surface area contributed by atoms with Crippen LogP contribution >= 0.6 is 15.9 Å². The maximum atomic E-state index is 10.7. The van der Waals surface area contributed by atoms with Crippen LogP contribution in [-0.4, -0.2) is 21.5 Å². The largest absolute Gasteiger partial charge is 0.488 e.